The van der Waals surface area contributed by atoms with E-state index in [4.69, 9.17) is 4.52 Å². The highest BCUT2D eigenvalue weighted by atomic mass is 32.2. The van der Waals surface area contributed by atoms with E-state index in [1.165, 1.54) is 0 Å². The van der Waals surface area contributed by atoms with E-state index in [9.17, 15) is 4.79 Å². The van der Waals surface area contributed by atoms with E-state index in [-0.39, 0.29) is 5.91 Å². The van der Waals surface area contributed by atoms with Gasteiger partial charge in [0, 0.05) is 30.2 Å². The molecule has 0 radical (unpaired) electrons. The fourth-order valence-corrected chi connectivity index (χ4v) is 4.99. The maximum absolute atomic E-state index is 13.4. The van der Waals surface area contributed by atoms with Crippen LogP contribution < -0.4 is 0 Å². The molecule has 1 saturated heterocycles. The van der Waals surface area contributed by atoms with Crippen LogP contribution in [0.2, 0.25) is 0 Å². The Bertz CT molecular complexity index is 1120. The average Bonchev–Trinajstić information content (AvgIpc) is 3.44. The summed E-state index contributed by atoms with van der Waals surface area (Å²) in [4.78, 5) is 21.0. The van der Waals surface area contributed by atoms with Crippen LogP contribution in [0.25, 0.3) is 32.9 Å². The summed E-state index contributed by atoms with van der Waals surface area (Å²) in [5.74, 6) is 1.95. The summed E-state index contributed by atoms with van der Waals surface area (Å²) in [6.07, 6.45) is 0. The summed E-state index contributed by atoms with van der Waals surface area (Å²) < 4.78 is 5.59. The number of hydrogen-bond acceptors (Lipinski definition) is 6. The summed E-state index contributed by atoms with van der Waals surface area (Å²) >= 11 is 3.47. The maximum atomic E-state index is 13.4. The number of thiophene rings is 1. The molecule has 140 valence electrons. The van der Waals surface area contributed by atoms with Crippen LogP contribution in [0.1, 0.15) is 10.4 Å². The molecule has 0 bridgehead atoms. The molecule has 0 spiro atoms. The molecule has 4 heterocycles. The number of thioether (sulfide) groups is 1. The van der Waals surface area contributed by atoms with Gasteiger partial charge >= 0.3 is 0 Å². The number of nitrogens with zero attached hydrogens (tertiary/aromatic N) is 3. The number of rotatable bonds is 3. The van der Waals surface area contributed by atoms with Gasteiger partial charge in [0.2, 0.25) is 0 Å². The lowest BCUT2D eigenvalue weighted by atomic mass is 10.0. The van der Waals surface area contributed by atoms with E-state index < -0.39 is 0 Å². The highest BCUT2D eigenvalue weighted by molar-refractivity contribution is 7.99. The largest absolute Gasteiger partial charge is 0.337 e. The molecule has 0 saturated carbocycles. The van der Waals surface area contributed by atoms with Crippen LogP contribution in [0.5, 0.6) is 0 Å². The number of carbonyl (C=O) groups excluding carboxylic acids is 1. The van der Waals surface area contributed by atoms with Gasteiger partial charge in [-0.1, -0.05) is 41.6 Å². The molecule has 0 aliphatic carbocycles. The van der Waals surface area contributed by atoms with E-state index in [1.54, 1.807) is 11.3 Å². The molecule has 4 aromatic rings. The van der Waals surface area contributed by atoms with Crippen molar-refractivity contribution in [2.45, 2.75) is 0 Å². The van der Waals surface area contributed by atoms with Crippen molar-refractivity contribution >= 4 is 40.1 Å². The molecule has 7 heteroatoms. The first-order valence-corrected chi connectivity index (χ1v) is 11.1. The third kappa shape index (κ3) is 3.10. The summed E-state index contributed by atoms with van der Waals surface area (Å²) in [6, 6.07) is 15.7. The Morgan fingerprint density at radius 1 is 1.07 bits per heavy atom. The van der Waals surface area contributed by atoms with Gasteiger partial charge in [0.05, 0.1) is 21.5 Å². The zero-order valence-corrected chi connectivity index (χ0v) is 16.6. The van der Waals surface area contributed by atoms with Crippen LogP contribution >= 0.6 is 23.1 Å². The van der Waals surface area contributed by atoms with Crippen LogP contribution in [0.3, 0.4) is 0 Å². The molecule has 5 nitrogen and oxygen atoms in total. The molecule has 3 aromatic heterocycles. The molecule has 1 aliphatic heterocycles. The number of pyridine rings is 1. The highest BCUT2D eigenvalue weighted by Crippen LogP contribution is 2.34. The van der Waals surface area contributed by atoms with Crippen LogP contribution in [-0.2, 0) is 0 Å². The van der Waals surface area contributed by atoms with E-state index in [0.29, 0.717) is 22.4 Å². The molecule has 5 rings (SSSR count). The molecule has 1 aliphatic rings. The third-order valence-corrected chi connectivity index (χ3v) is 6.63. The molecule has 0 unspecified atom stereocenters. The van der Waals surface area contributed by atoms with E-state index in [0.717, 1.165) is 40.7 Å². The summed E-state index contributed by atoms with van der Waals surface area (Å²) in [7, 11) is 0. The van der Waals surface area contributed by atoms with Crippen molar-refractivity contribution in [1.82, 2.24) is 15.0 Å². The lowest BCUT2D eigenvalue weighted by Gasteiger charge is -2.26. The minimum atomic E-state index is 0.0193. The predicted molar refractivity (Wildman–Crippen MR) is 114 cm³/mol. The average molecular weight is 408 g/mol. The Hall–Kier alpha value is -2.64. The first-order chi connectivity index (χ1) is 13.8. The van der Waals surface area contributed by atoms with Gasteiger partial charge in [0.1, 0.15) is 5.69 Å². The van der Waals surface area contributed by atoms with E-state index >= 15 is 0 Å². The predicted octanol–water partition coefficient (Wildman–Crippen LogP) is 4.81. The fraction of sp³-hybridized carbons (Fsp3) is 0.190. The van der Waals surface area contributed by atoms with Gasteiger partial charge in [-0.05, 0) is 17.5 Å². The van der Waals surface area contributed by atoms with Crippen LogP contribution in [-0.4, -0.2) is 45.5 Å². The summed E-state index contributed by atoms with van der Waals surface area (Å²) in [5.41, 5.74) is 3.33. The summed E-state index contributed by atoms with van der Waals surface area (Å²) in [6.45, 7) is 1.52. The van der Waals surface area contributed by atoms with Crippen LogP contribution in [0.4, 0.5) is 0 Å². The van der Waals surface area contributed by atoms with Crippen molar-refractivity contribution in [3.63, 3.8) is 0 Å². The van der Waals surface area contributed by atoms with Crippen LogP contribution in [0, 0.1) is 0 Å². The monoisotopic (exact) mass is 407 g/mol. The van der Waals surface area contributed by atoms with Gasteiger partial charge in [-0.3, -0.25) is 4.79 Å². The third-order valence-electron chi connectivity index (χ3n) is 4.80. The minimum Gasteiger partial charge on any atom is -0.337 e. The SMILES string of the molecule is O=C(c1cc(-c2cccs2)nc2onc(-c3ccccc3)c12)N1CCSCC1. The van der Waals surface area contributed by atoms with Crippen molar-refractivity contribution in [2.75, 3.05) is 24.6 Å². The number of aromatic nitrogens is 2. The maximum Gasteiger partial charge on any atom is 0.259 e. The smallest absolute Gasteiger partial charge is 0.259 e. The van der Waals surface area contributed by atoms with E-state index in [2.05, 4.69) is 10.1 Å². The molecule has 1 amide bonds. The lowest BCUT2D eigenvalue weighted by molar-refractivity contribution is 0.0774. The van der Waals surface area contributed by atoms with Gasteiger partial charge in [-0.25, -0.2) is 4.98 Å². The number of hydrogen-bond donors (Lipinski definition) is 0. The Morgan fingerprint density at radius 3 is 2.64 bits per heavy atom. The van der Waals surface area contributed by atoms with E-state index in [1.807, 2.05) is 70.6 Å². The standard InChI is InChI=1S/C21H17N3O2S2/c25-21(24-8-11-27-12-9-24)15-13-16(17-7-4-10-28-17)22-20-18(15)19(23-26-20)14-5-2-1-3-6-14/h1-7,10,13H,8-9,11-12H2. The molecule has 0 atom stereocenters. The van der Waals surface area contributed by atoms with Gasteiger partial charge in [0.15, 0.2) is 0 Å². The topological polar surface area (TPSA) is 59.2 Å². The van der Waals surface area contributed by atoms with Gasteiger partial charge in [0.25, 0.3) is 11.6 Å². The minimum absolute atomic E-state index is 0.0193. The van der Waals surface area contributed by atoms with Crippen molar-refractivity contribution in [3.05, 3.63) is 59.5 Å². The van der Waals surface area contributed by atoms with Gasteiger partial charge in [-0.15, -0.1) is 11.3 Å². The first kappa shape index (κ1) is 17.5. The Kier molecular flexibility index (Phi) is 4.62. The fourth-order valence-electron chi connectivity index (χ4n) is 3.40. The molecular formula is C21H17N3O2S2. The number of fused-ring (bicyclic) bond motifs is 1. The van der Waals surface area contributed by atoms with Crippen molar-refractivity contribution < 1.29 is 9.32 Å². The zero-order valence-electron chi connectivity index (χ0n) is 15.0. The zero-order chi connectivity index (χ0) is 18.9. The molecule has 1 fully saturated rings. The highest BCUT2D eigenvalue weighted by Gasteiger charge is 2.26. The Balaban J connectivity index is 1.71. The lowest BCUT2D eigenvalue weighted by Crippen LogP contribution is -2.38. The van der Waals surface area contributed by atoms with Gasteiger partial charge in [-0.2, -0.15) is 11.8 Å². The Morgan fingerprint density at radius 2 is 1.89 bits per heavy atom. The number of amides is 1. The first-order valence-electron chi connectivity index (χ1n) is 9.08. The van der Waals surface area contributed by atoms with Gasteiger partial charge < -0.3 is 9.42 Å². The van der Waals surface area contributed by atoms with Crippen molar-refractivity contribution in [3.8, 4) is 21.8 Å². The normalized spacial score (nSPS) is 14.5. The van der Waals surface area contributed by atoms with Crippen molar-refractivity contribution in [1.29, 1.82) is 0 Å². The van der Waals surface area contributed by atoms with Crippen LogP contribution in [0.15, 0.2) is 58.4 Å². The molecular weight excluding hydrogens is 390 g/mol. The number of carbonyl (C=O) groups is 1. The second-order valence-corrected chi connectivity index (χ2v) is 8.69. The Labute approximate surface area is 170 Å². The molecule has 1 aromatic carbocycles. The second kappa shape index (κ2) is 7.41. The summed E-state index contributed by atoms with van der Waals surface area (Å²) in [5, 5.41) is 6.96. The number of benzene rings is 1. The van der Waals surface area contributed by atoms with Crippen molar-refractivity contribution in [2.24, 2.45) is 0 Å². The molecule has 0 N–H and O–H groups in total. The molecule has 28 heavy (non-hydrogen) atoms. The quantitative estimate of drug-likeness (QED) is 0.488. The second-order valence-electron chi connectivity index (χ2n) is 6.51.